The normalized spacial score (nSPS) is 10.8. The van der Waals surface area contributed by atoms with Gasteiger partial charge in [-0.1, -0.05) is 0 Å². The molecule has 2 N–H and O–H groups in total. The van der Waals surface area contributed by atoms with E-state index >= 15 is 0 Å². The van der Waals surface area contributed by atoms with E-state index in [1.807, 2.05) is 0 Å². The minimum absolute atomic E-state index is 0.200. The van der Waals surface area contributed by atoms with E-state index < -0.39 is 5.82 Å². The number of carbonyl (C=O) groups is 1. The van der Waals surface area contributed by atoms with E-state index in [0.717, 1.165) is 6.07 Å². The number of carbonyl (C=O) groups excluding carboxylic acids is 1. The summed E-state index contributed by atoms with van der Waals surface area (Å²) in [5, 5.41) is 12.9. The molecule has 0 radical (unpaired) electrons. The third-order valence-corrected chi connectivity index (χ3v) is 2.92. The van der Waals surface area contributed by atoms with Crippen molar-refractivity contribution in [1.82, 2.24) is 14.5 Å². The summed E-state index contributed by atoms with van der Waals surface area (Å²) in [5.41, 5.74) is 0.752. The molecule has 106 valence electrons. The molecule has 0 bridgehead atoms. The Labute approximate surface area is 118 Å². The number of aromatic hydroxyl groups is 1. The third kappa shape index (κ3) is 2.40. The molecule has 0 aliphatic rings. The second-order valence-corrected chi connectivity index (χ2v) is 4.50. The summed E-state index contributed by atoms with van der Waals surface area (Å²) < 4.78 is 15.2. The summed E-state index contributed by atoms with van der Waals surface area (Å²) in [7, 11) is 0. The van der Waals surface area contributed by atoms with Gasteiger partial charge in [-0.05, 0) is 6.07 Å². The zero-order valence-electron chi connectivity index (χ0n) is 11.0. The van der Waals surface area contributed by atoms with E-state index in [2.05, 4.69) is 15.3 Å². The van der Waals surface area contributed by atoms with Crippen molar-refractivity contribution in [1.29, 1.82) is 0 Å². The summed E-state index contributed by atoms with van der Waals surface area (Å²) in [6, 6.07) is 3.84. The van der Waals surface area contributed by atoms with Crippen LogP contribution in [0.1, 0.15) is 6.92 Å². The number of aromatic nitrogens is 3. The fourth-order valence-corrected chi connectivity index (χ4v) is 2.12. The van der Waals surface area contributed by atoms with Gasteiger partial charge in [-0.2, -0.15) is 0 Å². The zero-order chi connectivity index (χ0) is 15.0. The van der Waals surface area contributed by atoms with E-state index in [-0.39, 0.29) is 23.0 Å². The van der Waals surface area contributed by atoms with Gasteiger partial charge < -0.3 is 15.0 Å². The zero-order valence-corrected chi connectivity index (χ0v) is 11.0. The molecule has 0 saturated heterocycles. The quantitative estimate of drug-likeness (QED) is 0.757. The van der Waals surface area contributed by atoms with E-state index in [0.29, 0.717) is 11.1 Å². The largest absolute Gasteiger partial charge is 0.506 e. The van der Waals surface area contributed by atoms with Crippen molar-refractivity contribution in [2.45, 2.75) is 6.92 Å². The highest BCUT2D eigenvalue weighted by molar-refractivity contribution is 5.95. The first-order chi connectivity index (χ1) is 10.0. The Morgan fingerprint density at radius 1 is 1.38 bits per heavy atom. The van der Waals surface area contributed by atoms with Crippen molar-refractivity contribution in [2.24, 2.45) is 0 Å². The Hall–Kier alpha value is -2.96. The number of rotatable bonds is 2. The Morgan fingerprint density at radius 2 is 2.19 bits per heavy atom. The summed E-state index contributed by atoms with van der Waals surface area (Å²) in [6.45, 7) is 1.35. The smallest absolute Gasteiger partial charge is 0.222 e. The van der Waals surface area contributed by atoms with Gasteiger partial charge in [0.1, 0.15) is 22.9 Å². The maximum Gasteiger partial charge on any atom is 0.222 e. The number of hydrogen-bond acceptors (Lipinski definition) is 4. The number of hydrogen-bond donors (Lipinski definition) is 2. The number of benzene rings is 1. The van der Waals surface area contributed by atoms with E-state index in [4.69, 9.17) is 0 Å². The van der Waals surface area contributed by atoms with Crippen molar-refractivity contribution < 1.29 is 14.3 Å². The topological polar surface area (TPSA) is 80.0 Å². The minimum Gasteiger partial charge on any atom is -0.506 e. The second kappa shape index (κ2) is 4.86. The molecule has 0 unspecified atom stereocenters. The Bertz CT molecular complexity index is 831. The number of imidazole rings is 1. The standard InChI is InChI=1S/C14H11FN4O2/c1-8(20)17-13-6-11(19-3-2-16-7-19)10-4-9(15)5-12(21)14(10)18-13/h2-7,21H,1H3,(H,17,18,20). The number of phenolic OH excluding ortho intramolecular Hbond substituents is 1. The maximum atomic E-state index is 13.5. The highest BCUT2D eigenvalue weighted by Crippen LogP contribution is 2.31. The van der Waals surface area contributed by atoms with Crippen molar-refractivity contribution in [2.75, 3.05) is 5.32 Å². The summed E-state index contributed by atoms with van der Waals surface area (Å²) in [6.07, 6.45) is 4.78. The van der Waals surface area contributed by atoms with Crippen LogP contribution in [0.2, 0.25) is 0 Å². The van der Waals surface area contributed by atoms with Crippen LogP contribution in [0.15, 0.2) is 36.9 Å². The van der Waals surface area contributed by atoms with Crippen LogP contribution in [0.4, 0.5) is 10.2 Å². The Balaban J connectivity index is 2.34. The molecule has 6 nitrogen and oxygen atoms in total. The van der Waals surface area contributed by atoms with Crippen LogP contribution in [0.3, 0.4) is 0 Å². The number of nitrogens with one attached hydrogen (secondary N) is 1. The van der Waals surface area contributed by atoms with Crippen LogP contribution in [0, 0.1) is 5.82 Å². The minimum atomic E-state index is -0.574. The summed E-state index contributed by atoms with van der Waals surface area (Å²) in [4.78, 5) is 19.3. The van der Waals surface area contributed by atoms with Gasteiger partial charge in [0.05, 0.1) is 12.0 Å². The number of amides is 1. The fraction of sp³-hybridized carbons (Fsp3) is 0.0714. The monoisotopic (exact) mass is 286 g/mol. The molecular formula is C14H11FN4O2. The van der Waals surface area contributed by atoms with Gasteiger partial charge in [0, 0.05) is 36.8 Å². The molecule has 3 rings (SSSR count). The van der Waals surface area contributed by atoms with Crippen molar-refractivity contribution in [3.63, 3.8) is 0 Å². The molecule has 3 aromatic rings. The predicted molar refractivity (Wildman–Crippen MR) is 74.8 cm³/mol. The molecule has 0 saturated carbocycles. The molecule has 1 amide bonds. The Kier molecular flexibility index (Phi) is 3.02. The van der Waals surface area contributed by atoms with Crippen LogP contribution in [0.5, 0.6) is 5.75 Å². The molecular weight excluding hydrogens is 275 g/mol. The number of anilines is 1. The number of halogens is 1. The molecule has 0 atom stereocenters. The molecule has 2 heterocycles. The lowest BCUT2D eigenvalue weighted by atomic mass is 10.1. The van der Waals surface area contributed by atoms with Gasteiger partial charge in [-0.15, -0.1) is 0 Å². The van der Waals surface area contributed by atoms with Crippen LogP contribution in [0.25, 0.3) is 16.6 Å². The van der Waals surface area contributed by atoms with Crippen molar-refractivity contribution in [3.8, 4) is 11.4 Å². The molecule has 21 heavy (non-hydrogen) atoms. The van der Waals surface area contributed by atoms with E-state index in [1.165, 1.54) is 19.3 Å². The predicted octanol–water partition coefficient (Wildman–Crippen LogP) is 2.22. The lowest BCUT2D eigenvalue weighted by Gasteiger charge is -2.11. The number of nitrogens with zero attached hydrogens (tertiary/aromatic N) is 3. The van der Waals surface area contributed by atoms with Gasteiger partial charge in [0.25, 0.3) is 0 Å². The SMILES string of the molecule is CC(=O)Nc1cc(-n2ccnc2)c2cc(F)cc(O)c2n1. The second-order valence-electron chi connectivity index (χ2n) is 4.50. The molecule has 0 fully saturated rings. The first-order valence-corrected chi connectivity index (χ1v) is 6.14. The van der Waals surface area contributed by atoms with Crippen LogP contribution < -0.4 is 5.32 Å². The Morgan fingerprint density at radius 3 is 2.86 bits per heavy atom. The molecule has 0 spiro atoms. The highest BCUT2D eigenvalue weighted by atomic mass is 19.1. The highest BCUT2D eigenvalue weighted by Gasteiger charge is 2.13. The average molecular weight is 286 g/mol. The van der Waals surface area contributed by atoms with Gasteiger partial charge in [-0.3, -0.25) is 4.79 Å². The third-order valence-electron chi connectivity index (χ3n) is 2.92. The number of fused-ring (bicyclic) bond motifs is 1. The van der Waals surface area contributed by atoms with Crippen LogP contribution in [-0.4, -0.2) is 25.5 Å². The maximum absolute atomic E-state index is 13.5. The van der Waals surface area contributed by atoms with Crippen LogP contribution >= 0.6 is 0 Å². The van der Waals surface area contributed by atoms with Crippen molar-refractivity contribution in [3.05, 3.63) is 42.7 Å². The van der Waals surface area contributed by atoms with E-state index in [1.54, 1.807) is 23.0 Å². The van der Waals surface area contributed by atoms with Gasteiger partial charge in [0.15, 0.2) is 0 Å². The summed E-state index contributed by atoms with van der Waals surface area (Å²) in [5.74, 6) is -0.894. The average Bonchev–Trinajstić information content (AvgIpc) is 2.92. The number of pyridine rings is 1. The molecule has 0 aliphatic carbocycles. The van der Waals surface area contributed by atoms with Crippen LogP contribution in [-0.2, 0) is 4.79 Å². The van der Waals surface area contributed by atoms with Gasteiger partial charge >= 0.3 is 0 Å². The van der Waals surface area contributed by atoms with Gasteiger partial charge in [-0.25, -0.2) is 14.4 Å². The lowest BCUT2D eigenvalue weighted by molar-refractivity contribution is -0.114. The molecule has 0 aliphatic heterocycles. The van der Waals surface area contributed by atoms with Crippen molar-refractivity contribution >= 4 is 22.6 Å². The first kappa shape index (κ1) is 13.0. The van der Waals surface area contributed by atoms with E-state index in [9.17, 15) is 14.3 Å². The fourth-order valence-electron chi connectivity index (χ4n) is 2.12. The molecule has 7 heteroatoms. The lowest BCUT2D eigenvalue weighted by Crippen LogP contribution is -2.08. The summed E-state index contributed by atoms with van der Waals surface area (Å²) >= 11 is 0. The molecule has 1 aromatic carbocycles. The first-order valence-electron chi connectivity index (χ1n) is 6.14. The van der Waals surface area contributed by atoms with Gasteiger partial charge in [0.2, 0.25) is 5.91 Å². The number of phenols is 1. The molecule has 2 aromatic heterocycles.